The van der Waals surface area contributed by atoms with Gasteiger partial charge in [-0.3, -0.25) is 5.41 Å². The molecule has 0 aliphatic rings. The van der Waals surface area contributed by atoms with Crippen LogP contribution in [0.5, 0.6) is 0 Å². The fraction of sp³-hybridized carbons (Fsp3) is 0.273. The number of halogens is 1. The van der Waals surface area contributed by atoms with E-state index in [0.717, 1.165) is 16.8 Å². The van der Waals surface area contributed by atoms with Crippen LogP contribution in [0.25, 0.3) is 5.69 Å². The summed E-state index contributed by atoms with van der Waals surface area (Å²) >= 11 is 1.21. The van der Waals surface area contributed by atoms with Gasteiger partial charge in [0.2, 0.25) is 0 Å². The first kappa shape index (κ1) is 15.5. The number of nitrogens with one attached hydrogen (secondary N) is 1. The molecule has 0 atom stereocenters. The van der Waals surface area contributed by atoms with E-state index in [1.54, 1.807) is 4.68 Å². The Morgan fingerprint density at radius 2 is 2.00 bits per heavy atom. The van der Waals surface area contributed by atoms with Crippen molar-refractivity contribution >= 4 is 29.3 Å². The summed E-state index contributed by atoms with van der Waals surface area (Å²) in [5.74, 6) is 1.17. The number of tetrazole rings is 1. The summed E-state index contributed by atoms with van der Waals surface area (Å²) in [4.78, 5) is 0. The van der Waals surface area contributed by atoms with Gasteiger partial charge in [-0.1, -0.05) is 30.0 Å². The third-order valence-corrected chi connectivity index (χ3v) is 3.26. The predicted molar refractivity (Wildman–Crippen MR) is 79.1 cm³/mol. The molecule has 1 heterocycles. The van der Waals surface area contributed by atoms with Crippen LogP contribution in [0, 0.1) is 19.3 Å². The van der Waals surface area contributed by atoms with Crippen LogP contribution in [0.15, 0.2) is 18.2 Å². The minimum absolute atomic E-state index is 0. The molecule has 0 radical (unpaired) electrons. The molecule has 102 valence electrons. The lowest BCUT2D eigenvalue weighted by molar-refractivity contribution is 0.769. The number of benzene rings is 1. The SMILES string of the molecule is Cc1cccc(C)c1-n1nnnc1CSC(=N)N.Cl. The van der Waals surface area contributed by atoms with Crippen LogP contribution in [-0.4, -0.2) is 25.4 Å². The number of hydrogen-bond donors (Lipinski definition) is 2. The second-order valence-corrected chi connectivity index (χ2v) is 4.92. The van der Waals surface area contributed by atoms with E-state index in [9.17, 15) is 0 Å². The van der Waals surface area contributed by atoms with Crippen molar-refractivity contribution in [2.24, 2.45) is 5.73 Å². The van der Waals surface area contributed by atoms with Gasteiger partial charge in [0, 0.05) is 0 Å². The minimum atomic E-state index is 0. The quantitative estimate of drug-likeness (QED) is 0.666. The molecule has 3 N–H and O–H groups in total. The van der Waals surface area contributed by atoms with Crippen LogP contribution in [0.1, 0.15) is 17.0 Å². The lowest BCUT2D eigenvalue weighted by Crippen LogP contribution is -2.09. The predicted octanol–water partition coefficient (Wildman–Crippen LogP) is 1.83. The van der Waals surface area contributed by atoms with Gasteiger partial charge in [-0.25, -0.2) is 0 Å². The molecule has 0 spiro atoms. The Labute approximate surface area is 121 Å². The number of hydrogen-bond acceptors (Lipinski definition) is 5. The Kier molecular flexibility index (Phi) is 5.31. The fourth-order valence-corrected chi connectivity index (χ4v) is 2.22. The van der Waals surface area contributed by atoms with Crippen molar-refractivity contribution in [2.45, 2.75) is 19.6 Å². The Balaban J connectivity index is 0.00000180. The topological polar surface area (TPSA) is 93.5 Å². The molecule has 2 aromatic rings. The smallest absolute Gasteiger partial charge is 0.167 e. The summed E-state index contributed by atoms with van der Waals surface area (Å²) in [7, 11) is 0. The molecule has 0 saturated carbocycles. The summed E-state index contributed by atoms with van der Waals surface area (Å²) in [5.41, 5.74) is 8.53. The maximum Gasteiger partial charge on any atom is 0.167 e. The molecule has 1 aromatic carbocycles. The number of amidine groups is 1. The second-order valence-electron chi connectivity index (χ2n) is 3.90. The molecule has 0 aliphatic heterocycles. The maximum absolute atomic E-state index is 7.22. The van der Waals surface area contributed by atoms with Crippen molar-refractivity contribution in [1.29, 1.82) is 5.41 Å². The highest BCUT2D eigenvalue weighted by molar-refractivity contribution is 8.13. The number of para-hydroxylation sites is 1. The summed E-state index contributed by atoms with van der Waals surface area (Å²) in [6.07, 6.45) is 0. The van der Waals surface area contributed by atoms with Gasteiger partial charge < -0.3 is 5.73 Å². The molecule has 0 aliphatic carbocycles. The van der Waals surface area contributed by atoms with Gasteiger partial charge in [-0.05, 0) is 35.4 Å². The van der Waals surface area contributed by atoms with E-state index >= 15 is 0 Å². The first-order valence-corrected chi connectivity index (χ1v) is 6.39. The molecule has 2 rings (SSSR count). The van der Waals surface area contributed by atoms with Gasteiger partial charge in [0.25, 0.3) is 0 Å². The lowest BCUT2D eigenvalue weighted by Gasteiger charge is -2.10. The first-order chi connectivity index (χ1) is 8.59. The standard InChI is InChI=1S/C11H14N6S.ClH/c1-7-4-3-5-8(2)10(7)17-9(14-15-16-17)6-18-11(12)13;/h3-5H,6H2,1-2H3,(H3,12,13);1H. The fourth-order valence-electron chi connectivity index (χ4n) is 1.75. The molecule has 0 saturated heterocycles. The Hall–Kier alpha value is -1.60. The molecular formula is C11H15ClN6S. The molecule has 0 fully saturated rings. The van der Waals surface area contributed by atoms with Gasteiger partial charge in [0.1, 0.15) is 0 Å². The summed E-state index contributed by atoms with van der Waals surface area (Å²) in [6.45, 7) is 4.04. The minimum Gasteiger partial charge on any atom is -0.379 e. The number of aryl methyl sites for hydroxylation is 2. The lowest BCUT2D eigenvalue weighted by atomic mass is 10.1. The monoisotopic (exact) mass is 298 g/mol. The third kappa shape index (κ3) is 3.45. The zero-order valence-corrected chi connectivity index (χ0v) is 12.3. The van der Waals surface area contributed by atoms with E-state index in [2.05, 4.69) is 15.5 Å². The summed E-state index contributed by atoms with van der Waals surface area (Å²) < 4.78 is 1.71. The van der Waals surface area contributed by atoms with Crippen molar-refractivity contribution in [1.82, 2.24) is 20.2 Å². The maximum atomic E-state index is 7.22. The Morgan fingerprint density at radius 1 is 1.37 bits per heavy atom. The van der Waals surface area contributed by atoms with E-state index in [0.29, 0.717) is 11.6 Å². The largest absolute Gasteiger partial charge is 0.379 e. The van der Waals surface area contributed by atoms with Crippen molar-refractivity contribution in [3.8, 4) is 5.69 Å². The Bertz CT molecular complexity index is 562. The highest BCUT2D eigenvalue weighted by Gasteiger charge is 2.12. The van der Waals surface area contributed by atoms with Gasteiger partial charge in [-0.2, -0.15) is 4.68 Å². The van der Waals surface area contributed by atoms with Gasteiger partial charge in [-0.15, -0.1) is 17.5 Å². The summed E-state index contributed by atoms with van der Waals surface area (Å²) in [5, 5.41) is 19.0. The number of rotatable bonds is 3. The normalized spacial score (nSPS) is 10.0. The first-order valence-electron chi connectivity index (χ1n) is 5.40. The van der Waals surface area contributed by atoms with Crippen LogP contribution in [0.4, 0.5) is 0 Å². The van der Waals surface area contributed by atoms with Crippen molar-refractivity contribution in [3.05, 3.63) is 35.2 Å². The molecule has 0 amide bonds. The van der Waals surface area contributed by atoms with Crippen LogP contribution in [-0.2, 0) is 5.75 Å². The molecule has 0 unspecified atom stereocenters. The van der Waals surface area contributed by atoms with Gasteiger partial charge in [0.05, 0.1) is 11.4 Å². The van der Waals surface area contributed by atoms with Crippen LogP contribution < -0.4 is 5.73 Å². The highest BCUT2D eigenvalue weighted by atomic mass is 35.5. The molecule has 8 heteroatoms. The number of thioether (sulfide) groups is 1. The van der Waals surface area contributed by atoms with Crippen molar-refractivity contribution in [2.75, 3.05) is 0 Å². The van der Waals surface area contributed by atoms with Crippen LogP contribution in [0.3, 0.4) is 0 Å². The molecule has 6 nitrogen and oxygen atoms in total. The van der Waals surface area contributed by atoms with E-state index in [1.807, 2.05) is 32.0 Å². The molecule has 1 aromatic heterocycles. The Morgan fingerprint density at radius 3 is 2.58 bits per heavy atom. The molecule has 0 bridgehead atoms. The number of nitrogens with two attached hydrogens (primary N) is 1. The van der Waals surface area contributed by atoms with Crippen LogP contribution >= 0.6 is 24.2 Å². The zero-order chi connectivity index (χ0) is 13.1. The van der Waals surface area contributed by atoms with E-state index in [-0.39, 0.29) is 17.6 Å². The summed E-state index contributed by atoms with van der Waals surface area (Å²) in [6, 6.07) is 6.04. The second kappa shape index (κ2) is 6.53. The average Bonchev–Trinajstić information content (AvgIpc) is 2.74. The number of nitrogens with zero attached hydrogens (tertiary/aromatic N) is 4. The van der Waals surface area contributed by atoms with Crippen LogP contribution in [0.2, 0.25) is 0 Å². The molecular weight excluding hydrogens is 284 g/mol. The van der Waals surface area contributed by atoms with E-state index in [4.69, 9.17) is 11.1 Å². The molecule has 19 heavy (non-hydrogen) atoms. The van der Waals surface area contributed by atoms with Crippen molar-refractivity contribution in [3.63, 3.8) is 0 Å². The zero-order valence-electron chi connectivity index (χ0n) is 10.6. The van der Waals surface area contributed by atoms with E-state index in [1.165, 1.54) is 11.8 Å². The highest BCUT2D eigenvalue weighted by Crippen LogP contribution is 2.20. The third-order valence-electron chi connectivity index (χ3n) is 2.54. The van der Waals surface area contributed by atoms with E-state index < -0.39 is 0 Å². The van der Waals surface area contributed by atoms with Gasteiger partial charge in [0.15, 0.2) is 11.0 Å². The average molecular weight is 299 g/mol. The number of aromatic nitrogens is 4. The van der Waals surface area contributed by atoms with Crippen molar-refractivity contribution < 1.29 is 0 Å². The van der Waals surface area contributed by atoms with Gasteiger partial charge >= 0.3 is 0 Å².